The van der Waals surface area contributed by atoms with Crippen molar-refractivity contribution in [1.82, 2.24) is 4.98 Å². The minimum absolute atomic E-state index is 0.224. The Labute approximate surface area is 163 Å². The van der Waals surface area contributed by atoms with Crippen molar-refractivity contribution in [2.45, 2.75) is 13.8 Å². The number of aryl methyl sites for hydroxylation is 1. The molecule has 3 rings (SSSR count). The number of aromatic nitrogens is 1. The quantitative estimate of drug-likeness (QED) is 0.624. The lowest BCUT2D eigenvalue weighted by atomic mass is 10.1. The van der Waals surface area contributed by atoms with Crippen LogP contribution in [0.2, 0.25) is 5.02 Å². The van der Waals surface area contributed by atoms with Crippen LogP contribution >= 0.6 is 11.6 Å². The van der Waals surface area contributed by atoms with Crippen LogP contribution in [0.1, 0.15) is 21.5 Å². The molecule has 1 aromatic heterocycles. The van der Waals surface area contributed by atoms with Gasteiger partial charge in [-0.2, -0.15) is 0 Å². The number of carbonyl (C=O) groups excluding carboxylic acids is 1. The number of benzene rings is 2. The number of amides is 1. The highest BCUT2D eigenvalue weighted by Gasteiger charge is 2.11. The van der Waals surface area contributed by atoms with E-state index in [2.05, 4.69) is 15.6 Å². The zero-order valence-electron chi connectivity index (χ0n) is 15.3. The molecule has 1 heterocycles. The van der Waals surface area contributed by atoms with Gasteiger partial charge in [-0.3, -0.25) is 9.78 Å². The van der Waals surface area contributed by atoms with E-state index in [0.717, 1.165) is 16.8 Å². The predicted molar refractivity (Wildman–Crippen MR) is 109 cm³/mol. The zero-order valence-corrected chi connectivity index (χ0v) is 16.1. The van der Waals surface area contributed by atoms with Crippen LogP contribution in [0.3, 0.4) is 0 Å². The molecule has 0 fully saturated rings. The number of nitrogens with zero attached hydrogens (tertiary/aromatic N) is 1. The maximum atomic E-state index is 12.6. The second-order valence-corrected chi connectivity index (χ2v) is 6.57. The number of pyridine rings is 1. The summed E-state index contributed by atoms with van der Waals surface area (Å²) < 4.78 is 5.33. The first kappa shape index (κ1) is 18.7. The van der Waals surface area contributed by atoms with Gasteiger partial charge in [0.15, 0.2) is 0 Å². The summed E-state index contributed by atoms with van der Waals surface area (Å²) in [7, 11) is 1.58. The molecule has 2 aromatic carbocycles. The highest BCUT2D eigenvalue weighted by atomic mass is 35.5. The molecule has 6 heteroatoms. The molecular weight excluding hydrogens is 362 g/mol. The van der Waals surface area contributed by atoms with Crippen LogP contribution in [-0.4, -0.2) is 18.0 Å². The first-order valence-electron chi connectivity index (χ1n) is 8.41. The Bertz CT molecular complexity index is 989. The Balaban J connectivity index is 1.82. The van der Waals surface area contributed by atoms with Crippen LogP contribution in [0.25, 0.3) is 0 Å². The highest BCUT2D eigenvalue weighted by molar-refractivity contribution is 6.31. The van der Waals surface area contributed by atoms with Crippen molar-refractivity contribution in [3.05, 3.63) is 76.6 Å². The average molecular weight is 382 g/mol. The third-order valence-corrected chi connectivity index (χ3v) is 4.53. The largest absolute Gasteiger partial charge is 0.495 e. The van der Waals surface area contributed by atoms with Crippen LogP contribution in [-0.2, 0) is 0 Å². The standard InChI is InChI=1S/C21H20ClN3O2/c1-13-5-4-6-18(14(13)2)25-21(26)15-9-17(12-23-11-15)24-19-10-16(22)7-8-20(19)27-3/h4-12,24H,1-3H3,(H,25,26). The van der Waals surface area contributed by atoms with Gasteiger partial charge < -0.3 is 15.4 Å². The van der Waals surface area contributed by atoms with Gasteiger partial charge in [0.25, 0.3) is 5.91 Å². The van der Waals surface area contributed by atoms with Gasteiger partial charge >= 0.3 is 0 Å². The Morgan fingerprint density at radius 3 is 2.67 bits per heavy atom. The minimum atomic E-state index is -0.224. The second-order valence-electron chi connectivity index (χ2n) is 6.13. The van der Waals surface area contributed by atoms with Gasteiger partial charge in [0.1, 0.15) is 5.75 Å². The minimum Gasteiger partial charge on any atom is -0.495 e. The monoisotopic (exact) mass is 381 g/mol. The molecule has 0 atom stereocenters. The van der Waals surface area contributed by atoms with E-state index in [1.165, 1.54) is 6.20 Å². The molecule has 0 spiro atoms. The lowest BCUT2D eigenvalue weighted by molar-refractivity contribution is 0.102. The lowest BCUT2D eigenvalue weighted by Crippen LogP contribution is -2.13. The number of hydrogen-bond acceptors (Lipinski definition) is 4. The lowest BCUT2D eigenvalue weighted by Gasteiger charge is -2.13. The Morgan fingerprint density at radius 1 is 1.07 bits per heavy atom. The topological polar surface area (TPSA) is 63.2 Å². The average Bonchev–Trinajstić information content (AvgIpc) is 2.66. The van der Waals surface area contributed by atoms with E-state index >= 15 is 0 Å². The maximum absolute atomic E-state index is 12.6. The summed E-state index contributed by atoms with van der Waals surface area (Å²) in [5.41, 5.74) is 4.74. The third-order valence-electron chi connectivity index (χ3n) is 4.29. The van der Waals surface area contributed by atoms with E-state index in [4.69, 9.17) is 16.3 Å². The van der Waals surface area contributed by atoms with Gasteiger partial charge in [0, 0.05) is 16.9 Å². The van der Waals surface area contributed by atoms with Gasteiger partial charge in [-0.1, -0.05) is 23.7 Å². The van der Waals surface area contributed by atoms with Crippen molar-refractivity contribution in [2.24, 2.45) is 0 Å². The second kappa shape index (κ2) is 8.10. The number of methoxy groups -OCH3 is 1. The first-order chi connectivity index (χ1) is 13.0. The summed E-state index contributed by atoms with van der Waals surface area (Å²) in [6.07, 6.45) is 3.16. The van der Waals surface area contributed by atoms with Gasteiger partial charge in [-0.15, -0.1) is 0 Å². The van der Waals surface area contributed by atoms with Crippen molar-refractivity contribution in [1.29, 1.82) is 0 Å². The number of nitrogens with one attached hydrogen (secondary N) is 2. The van der Waals surface area contributed by atoms with Gasteiger partial charge in [-0.25, -0.2) is 0 Å². The molecule has 0 aliphatic rings. The summed E-state index contributed by atoms with van der Waals surface area (Å²) in [6, 6.07) is 12.8. The van der Waals surface area contributed by atoms with E-state index in [-0.39, 0.29) is 5.91 Å². The van der Waals surface area contributed by atoms with Crippen LogP contribution in [0.4, 0.5) is 17.1 Å². The predicted octanol–water partition coefficient (Wildman–Crippen LogP) is 5.36. The molecule has 138 valence electrons. The summed E-state index contributed by atoms with van der Waals surface area (Å²) in [6.45, 7) is 3.99. The SMILES string of the molecule is COc1ccc(Cl)cc1Nc1cncc(C(=O)Nc2cccc(C)c2C)c1. The fraction of sp³-hybridized carbons (Fsp3) is 0.143. The van der Waals surface area contributed by atoms with Crippen LogP contribution < -0.4 is 15.4 Å². The van der Waals surface area contributed by atoms with Gasteiger partial charge in [-0.05, 0) is 55.3 Å². The number of halogens is 1. The molecule has 0 aliphatic carbocycles. The molecule has 3 aromatic rings. The summed E-state index contributed by atoms with van der Waals surface area (Å²) in [4.78, 5) is 16.8. The van der Waals surface area contributed by atoms with Crippen molar-refractivity contribution in [3.63, 3.8) is 0 Å². The highest BCUT2D eigenvalue weighted by Crippen LogP contribution is 2.30. The van der Waals surface area contributed by atoms with Crippen molar-refractivity contribution >= 4 is 34.6 Å². The first-order valence-corrected chi connectivity index (χ1v) is 8.79. The summed E-state index contributed by atoms with van der Waals surface area (Å²) in [5.74, 6) is 0.419. The number of hydrogen-bond donors (Lipinski definition) is 2. The van der Waals surface area contributed by atoms with E-state index in [9.17, 15) is 4.79 Å². The molecule has 0 bridgehead atoms. The maximum Gasteiger partial charge on any atom is 0.257 e. The van der Waals surface area contributed by atoms with Gasteiger partial charge in [0.2, 0.25) is 0 Å². The molecular formula is C21H20ClN3O2. The molecule has 0 aliphatic heterocycles. The molecule has 27 heavy (non-hydrogen) atoms. The normalized spacial score (nSPS) is 10.4. The molecule has 5 nitrogen and oxygen atoms in total. The number of rotatable bonds is 5. The Kier molecular flexibility index (Phi) is 5.62. The van der Waals surface area contributed by atoms with E-state index in [0.29, 0.717) is 27.7 Å². The number of carbonyl (C=O) groups is 1. The van der Waals surface area contributed by atoms with Crippen LogP contribution in [0.15, 0.2) is 54.9 Å². The van der Waals surface area contributed by atoms with Crippen molar-refractivity contribution in [3.8, 4) is 5.75 Å². The molecule has 0 saturated carbocycles. The third kappa shape index (κ3) is 4.38. The number of anilines is 3. The van der Waals surface area contributed by atoms with E-state index in [1.54, 1.807) is 37.6 Å². The van der Waals surface area contributed by atoms with Crippen molar-refractivity contribution < 1.29 is 9.53 Å². The van der Waals surface area contributed by atoms with E-state index in [1.807, 2.05) is 32.0 Å². The van der Waals surface area contributed by atoms with Crippen LogP contribution in [0.5, 0.6) is 5.75 Å². The summed E-state index contributed by atoms with van der Waals surface area (Å²) >= 11 is 6.06. The molecule has 1 amide bonds. The molecule has 0 saturated heterocycles. The fourth-order valence-corrected chi connectivity index (χ4v) is 2.82. The van der Waals surface area contributed by atoms with Gasteiger partial charge in [0.05, 0.1) is 30.2 Å². The van der Waals surface area contributed by atoms with E-state index < -0.39 is 0 Å². The summed E-state index contributed by atoms with van der Waals surface area (Å²) in [5, 5.41) is 6.71. The smallest absolute Gasteiger partial charge is 0.257 e. The Hall–Kier alpha value is -3.05. The fourth-order valence-electron chi connectivity index (χ4n) is 2.65. The molecule has 0 unspecified atom stereocenters. The van der Waals surface area contributed by atoms with Crippen LogP contribution in [0, 0.1) is 13.8 Å². The Morgan fingerprint density at radius 2 is 1.89 bits per heavy atom. The molecule has 0 radical (unpaired) electrons. The zero-order chi connectivity index (χ0) is 19.4. The molecule has 2 N–H and O–H groups in total. The number of ether oxygens (including phenoxy) is 1. The van der Waals surface area contributed by atoms with Crippen molar-refractivity contribution in [2.75, 3.05) is 17.7 Å².